The highest BCUT2D eigenvalue weighted by atomic mass is 35.5. The van der Waals surface area contributed by atoms with Crippen LogP contribution in [0.3, 0.4) is 0 Å². The van der Waals surface area contributed by atoms with Gasteiger partial charge in [0.2, 0.25) is 6.23 Å². The number of aliphatic imine (C=N–C) groups is 1. The summed E-state index contributed by atoms with van der Waals surface area (Å²) >= 11 is 6.26. The van der Waals surface area contributed by atoms with E-state index in [1.165, 1.54) is 0 Å². The smallest absolute Gasteiger partial charge is 0.202 e. The van der Waals surface area contributed by atoms with Crippen LogP contribution in [0.1, 0.15) is 36.8 Å². The predicted octanol–water partition coefficient (Wildman–Crippen LogP) is 3.98. The van der Waals surface area contributed by atoms with Gasteiger partial charge in [-0.25, -0.2) is 15.3 Å². The first kappa shape index (κ1) is 16.3. The number of amidine groups is 1. The quantitative estimate of drug-likeness (QED) is 0.913. The predicted molar refractivity (Wildman–Crippen MR) is 91.9 cm³/mol. The molecule has 3 rings (SSSR count). The molecule has 0 spiro atoms. The van der Waals surface area contributed by atoms with Gasteiger partial charge in [0.1, 0.15) is 5.75 Å². The number of nitrogens with zero attached hydrogens (tertiary/aromatic N) is 2. The van der Waals surface area contributed by atoms with Gasteiger partial charge in [-0.3, -0.25) is 0 Å². The molecule has 0 bridgehead atoms. The average molecular weight is 342 g/mol. The highest BCUT2D eigenvalue weighted by Gasteiger charge is 2.21. The SMILES string of the molecule is CC(C)Oc1ccc(C2=NC(c3cccc(C#N)c3)ON2)cc1Cl. The minimum atomic E-state index is -0.501. The molecule has 0 amide bonds. The van der Waals surface area contributed by atoms with E-state index in [0.717, 1.165) is 11.1 Å². The molecule has 0 aromatic heterocycles. The number of nitrogens with one attached hydrogen (secondary N) is 1. The molecule has 1 heterocycles. The first-order valence-electron chi connectivity index (χ1n) is 7.53. The maximum absolute atomic E-state index is 8.98. The normalized spacial score (nSPS) is 16.5. The van der Waals surface area contributed by atoms with Gasteiger partial charge in [-0.05, 0) is 44.2 Å². The van der Waals surface area contributed by atoms with Gasteiger partial charge in [0.05, 0.1) is 22.8 Å². The molecule has 0 saturated heterocycles. The molecule has 1 aliphatic heterocycles. The van der Waals surface area contributed by atoms with Gasteiger partial charge in [-0.15, -0.1) is 0 Å². The van der Waals surface area contributed by atoms with Crippen LogP contribution in [0.4, 0.5) is 0 Å². The number of nitriles is 1. The molecule has 2 aromatic carbocycles. The van der Waals surface area contributed by atoms with Gasteiger partial charge in [-0.2, -0.15) is 5.26 Å². The molecule has 5 nitrogen and oxygen atoms in total. The van der Waals surface area contributed by atoms with Crippen molar-refractivity contribution in [3.63, 3.8) is 0 Å². The van der Waals surface area contributed by atoms with Crippen molar-refractivity contribution in [1.82, 2.24) is 5.48 Å². The molecular weight excluding hydrogens is 326 g/mol. The number of hydrogen-bond acceptors (Lipinski definition) is 5. The summed E-state index contributed by atoms with van der Waals surface area (Å²) in [5.74, 6) is 1.22. The molecule has 1 unspecified atom stereocenters. The molecule has 0 aliphatic carbocycles. The van der Waals surface area contributed by atoms with Crippen molar-refractivity contribution in [1.29, 1.82) is 5.26 Å². The van der Waals surface area contributed by atoms with E-state index in [1.54, 1.807) is 24.3 Å². The zero-order valence-corrected chi connectivity index (χ0v) is 14.0. The molecule has 1 N–H and O–H groups in total. The molecule has 2 aromatic rings. The van der Waals surface area contributed by atoms with Crippen molar-refractivity contribution in [2.75, 3.05) is 0 Å². The van der Waals surface area contributed by atoms with Crippen LogP contribution < -0.4 is 10.2 Å². The minimum Gasteiger partial charge on any atom is -0.489 e. The number of ether oxygens (including phenoxy) is 1. The van der Waals surface area contributed by atoms with Gasteiger partial charge >= 0.3 is 0 Å². The van der Waals surface area contributed by atoms with Crippen molar-refractivity contribution in [3.05, 3.63) is 64.2 Å². The molecule has 1 aliphatic rings. The van der Waals surface area contributed by atoms with Crippen molar-refractivity contribution in [2.45, 2.75) is 26.2 Å². The van der Waals surface area contributed by atoms with E-state index in [0.29, 0.717) is 22.2 Å². The third-order valence-electron chi connectivity index (χ3n) is 3.38. The van der Waals surface area contributed by atoms with E-state index in [2.05, 4.69) is 16.5 Å². The monoisotopic (exact) mass is 341 g/mol. The molecule has 0 saturated carbocycles. The second kappa shape index (κ2) is 6.91. The van der Waals surface area contributed by atoms with E-state index in [-0.39, 0.29) is 6.10 Å². The molecule has 0 radical (unpaired) electrons. The third kappa shape index (κ3) is 3.51. The van der Waals surface area contributed by atoms with Crippen LogP contribution in [0.5, 0.6) is 5.75 Å². The standard InChI is InChI=1S/C18H16ClN3O2/c1-11(2)23-16-7-6-13(9-15(16)19)17-21-18(24-22-17)14-5-3-4-12(8-14)10-20/h3-9,11,18H,1-2H3,(H,21,22). The lowest BCUT2D eigenvalue weighted by molar-refractivity contribution is 0.0377. The van der Waals surface area contributed by atoms with Crippen molar-refractivity contribution in [3.8, 4) is 11.8 Å². The summed E-state index contributed by atoms with van der Waals surface area (Å²) < 4.78 is 5.62. The van der Waals surface area contributed by atoms with Crippen LogP contribution in [-0.2, 0) is 4.84 Å². The van der Waals surface area contributed by atoms with Gasteiger partial charge in [-0.1, -0.05) is 23.7 Å². The summed E-state index contributed by atoms with van der Waals surface area (Å²) in [6.07, 6.45) is -0.450. The number of hydroxylamine groups is 1. The van der Waals surface area contributed by atoms with Crippen LogP contribution in [-0.4, -0.2) is 11.9 Å². The summed E-state index contributed by atoms with van der Waals surface area (Å²) in [5, 5.41) is 9.50. The van der Waals surface area contributed by atoms with Gasteiger partial charge in [0, 0.05) is 11.1 Å². The van der Waals surface area contributed by atoms with E-state index in [1.807, 2.05) is 32.0 Å². The van der Waals surface area contributed by atoms with Crippen LogP contribution in [0.15, 0.2) is 47.5 Å². The van der Waals surface area contributed by atoms with Gasteiger partial charge < -0.3 is 4.74 Å². The van der Waals surface area contributed by atoms with Crippen LogP contribution in [0, 0.1) is 11.3 Å². The van der Waals surface area contributed by atoms with E-state index in [4.69, 9.17) is 26.4 Å². The summed E-state index contributed by atoms with van der Waals surface area (Å²) in [7, 11) is 0. The summed E-state index contributed by atoms with van der Waals surface area (Å²) in [6.45, 7) is 3.89. The van der Waals surface area contributed by atoms with E-state index < -0.39 is 6.23 Å². The fraction of sp³-hybridized carbons (Fsp3) is 0.222. The first-order valence-corrected chi connectivity index (χ1v) is 7.90. The molecule has 24 heavy (non-hydrogen) atoms. The van der Waals surface area contributed by atoms with Crippen LogP contribution >= 0.6 is 11.6 Å². The van der Waals surface area contributed by atoms with Crippen LogP contribution in [0.2, 0.25) is 5.02 Å². The third-order valence-corrected chi connectivity index (χ3v) is 3.68. The fourth-order valence-electron chi connectivity index (χ4n) is 2.32. The minimum absolute atomic E-state index is 0.0513. The summed E-state index contributed by atoms with van der Waals surface area (Å²) in [4.78, 5) is 10.0. The zero-order valence-electron chi connectivity index (χ0n) is 13.3. The average Bonchev–Trinajstić information content (AvgIpc) is 3.06. The Bertz CT molecular complexity index is 827. The number of benzene rings is 2. The second-order valence-electron chi connectivity index (χ2n) is 5.60. The Hall–Kier alpha value is -2.55. The highest BCUT2D eigenvalue weighted by Crippen LogP contribution is 2.29. The zero-order chi connectivity index (χ0) is 17.1. The topological polar surface area (TPSA) is 66.6 Å². The Morgan fingerprint density at radius 3 is 2.83 bits per heavy atom. The molecule has 122 valence electrons. The van der Waals surface area contributed by atoms with Crippen LogP contribution in [0.25, 0.3) is 0 Å². The molecule has 0 fully saturated rings. The second-order valence-corrected chi connectivity index (χ2v) is 6.01. The largest absolute Gasteiger partial charge is 0.489 e. The first-order chi connectivity index (χ1) is 11.6. The van der Waals surface area contributed by atoms with Crippen molar-refractivity contribution >= 4 is 17.4 Å². The Balaban J connectivity index is 1.83. The number of rotatable bonds is 4. The molecular formula is C18H16ClN3O2. The molecule has 6 heteroatoms. The summed E-state index contributed by atoms with van der Waals surface area (Å²) in [6, 6.07) is 14.7. The Labute approximate surface area is 145 Å². The Morgan fingerprint density at radius 1 is 1.29 bits per heavy atom. The van der Waals surface area contributed by atoms with E-state index in [9.17, 15) is 0 Å². The summed E-state index contributed by atoms with van der Waals surface area (Å²) in [5.41, 5.74) is 4.99. The van der Waals surface area contributed by atoms with Crippen molar-refractivity contribution < 1.29 is 9.57 Å². The number of hydrogen-bond donors (Lipinski definition) is 1. The van der Waals surface area contributed by atoms with Gasteiger partial charge in [0.25, 0.3) is 0 Å². The maximum atomic E-state index is 8.98. The lowest BCUT2D eigenvalue weighted by Crippen LogP contribution is -2.18. The Kier molecular flexibility index (Phi) is 4.70. The van der Waals surface area contributed by atoms with E-state index >= 15 is 0 Å². The number of halogens is 1. The lowest BCUT2D eigenvalue weighted by Gasteiger charge is -2.12. The van der Waals surface area contributed by atoms with Gasteiger partial charge in [0.15, 0.2) is 5.84 Å². The van der Waals surface area contributed by atoms with Crippen molar-refractivity contribution in [2.24, 2.45) is 4.99 Å². The maximum Gasteiger partial charge on any atom is 0.202 e. The fourth-order valence-corrected chi connectivity index (χ4v) is 2.54. The highest BCUT2D eigenvalue weighted by molar-refractivity contribution is 6.32. The lowest BCUT2D eigenvalue weighted by atomic mass is 10.1. The Morgan fingerprint density at radius 2 is 2.12 bits per heavy atom. The molecule has 1 atom stereocenters.